The first-order valence-electron chi connectivity index (χ1n) is 10.2. The van der Waals surface area contributed by atoms with Gasteiger partial charge in [-0.15, -0.1) is 0 Å². The molecule has 9 nitrogen and oxygen atoms in total. The molecule has 9 heteroatoms. The third kappa shape index (κ3) is 5.16. The first kappa shape index (κ1) is 21.6. The van der Waals surface area contributed by atoms with Crippen LogP contribution in [-0.2, 0) is 0 Å². The number of rotatable bonds is 7. The van der Waals surface area contributed by atoms with Crippen molar-refractivity contribution in [1.82, 2.24) is 9.97 Å². The number of nitro groups is 1. The highest BCUT2D eigenvalue weighted by atomic mass is 16.6. The van der Waals surface area contributed by atoms with Gasteiger partial charge in [0.05, 0.1) is 16.3 Å². The van der Waals surface area contributed by atoms with Crippen LogP contribution in [-0.4, -0.2) is 14.9 Å². The molecule has 33 heavy (non-hydrogen) atoms. The standard InChI is InChI=1S/C24H21N7O2/c1-16-7-6-10-21(17(16)2)28-24-22(31(32)33)23(25-15-26-24)27-18-11-13-20(14-12-18)30-29-19-8-4-3-5-9-19/h3-15H,1-2H3,(H2,25,26,27,28). The summed E-state index contributed by atoms with van der Waals surface area (Å²) in [6, 6.07) is 22.1. The van der Waals surface area contributed by atoms with E-state index in [1.54, 1.807) is 24.3 Å². The lowest BCUT2D eigenvalue weighted by Crippen LogP contribution is -2.06. The van der Waals surface area contributed by atoms with Crippen molar-refractivity contribution in [1.29, 1.82) is 0 Å². The second kappa shape index (κ2) is 9.65. The van der Waals surface area contributed by atoms with E-state index in [-0.39, 0.29) is 17.3 Å². The minimum absolute atomic E-state index is 0.0847. The van der Waals surface area contributed by atoms with E-state index < -0.39 is 4.92 Å². The quantitative estimate of drug-likeness (QED) is 0.184. The van der Waals surface area contributed by atoms with Gasteiger partial charge in [0, 0.05) is 11.4 Å². The molecule has 0 saturated carbocycles. The Morgan fingerprint density at radius 2 is 1.42 bits per heavy atom. The molecule has 0 bridgehead atoms. The molecule has 0 aliphatic heterocycles. The van der Waals surface area contributed by atoms with Gasteiger partial charge in [0.1, 0.15) is 6.33 Å². The van der Waals surface area contributed by atoms with Gasteiger partial charge >= 0.3 is 5.69 Å². The highest BCUT2D eigenvalue weighted by Crippen LogP contribution is 2.34. The number of benzene rings is 3. The van der Waals surface area contributed by atoms with Crippen molar-refractivity contribution < 1.29 is 4.92 Å². The summed E-state index contributed by atoms with van der Waals surface area (Å²) in [6.45, 7) is 3.92. The van der Waals surface area contributed by atoms with Crippen molar-refractivity contribution >= 4 is 40.1 Å². The normalized spacial score (nSPS) is 10.8. The Morgan fingerprint density at radius 3 is 2.09 bits per heavy atom. The van der Waals surface area contributed by atoms with E-state index in [0.717, 1.165) is 22.5 Å². The molecular formula is C24H21N7O2. The van der Waals surface area contributed by atoms with E-state index in [4.69, 9.17) is 0 Å². The van der Waals surface area contributed by atoms with Crippen LogP contribution in [0.4, 0.5) is 40.1 Å². The van der Waals surface area contributed by atoms with E-state index >= 15 is 0 Å². The molecule has 0 aliphatic carbocycles. The number of nitrogens with zero attached hydrogens (tertiary/aromatic N) is 5. The first-order valence-corrected chi connectivity index (χ1v) is 10.2. The van der Waals surface area contributed by atoms with Crippen molar-refractivity contribution in [3.63, 3.8) is 0 Å². The summed E-state index contributed by atoms with van der Waals surface area (Å²) >= 11 is 0. The molecule has 4 rings (SSSR count). The Morgan fingerprint density at radius 1 is 0.788 bits per heavy atom. The molecule has 2 N–H and O–H groups in total. The molecule has 1 heterocycles. The third-order valence-electron chi connectivity index (χ3n) is 5.03. The lowest BCUT2D eigenvalue weighted by atomic mass is 10.1. The van der Waals surface area contributed by atoms with Gasteiger partial charge in [0.25, 0.3) is 0 Å². The molecule has 0 saturated heterocycles. The zero-order valence-electron chi connectivity index (χ0n) is 18.1. The van der Waals surface area contributed by atoms with Crippen molar-refractivity contribution in [2.24, 2.45) is 10.2 Å². The molecule has 164 valence electrons. The Bertz CT molecular complexity index is 1310. The number of nitrogens with one attached hydrogen (secondary N) is 2. The van der Waals surface area contributed by atoms with Crippen LogP contribution in [0.25, 0.3) is 0 Å². The topological polar surface area (TPSA) is 118 Å². The summed E-state index contributed by atoms with van der Waals surface area (Å²) in [5, 5.41) is 26.3. The van der Waals surface area contributed by atoms with Crippen LogP contribution in [0.15, 0.2) is 89.4 Å². The lowest BCUT2D eigenvalue weighted by Gasteiger charge is -2.12. The minimum atomic E-state index is -0.502. The lowest BCUT2D eigenvalue weighted by molar-refractivity contribution is -0.383. The van der Waals surface area contributed by atoms with Gasteiger partial charge in [0.2, 0.25) is 11.6 Å². The molecule has 0 unspecified atom stereocenters. The monoisotopic (exact) mass is 439 g/mol. The smallest absolute Gasteiger partial charge is 0.334 e. The van der Waals surface area contributed by atoms with Gasteiger partial charge in [-0.1, -0.05) is 30.3 Å². The summed E-state index contributed by atoms with van der Waals surface area (Å²) in [4.78, 5) is 19.6. The van der Waals surface area contributed by atoms with Crippen LogP contribution in [0.5, 0.6) is 0 Å². The number of aryl methyl sites for hydroxylation is 1. The second-order valence-corrected chi connectivity index (χ2v) is 7.26. The van der Waals surface area contributed by atoms with E-state index in [0.29, 0.717) is 11.4 Å². The largest absolute Gasteiger partial charge is 0.353 e. The van der Waals surface area contributed by atoms with Gasteiger partial charge < -0.3 is 10.6 Å². The molecule has 3 aromatic carbocycles. The summed E-state index contributed by atoms with van der Waals surface area (Å²) in [6.07, 6.45) is 1.28. The fourth-order valence-electron chi connectivity index (χ4n) is 3.11. The van der Waals surface area contributed by atoms with E-state index in [1.165, 1.54) is 6.33 Å². The van der Waals surface area contributed by atoms with Crippen LogP contribution < -0.4 is 10.6 Å². The zero-order chi connectivity index (χ0) is 23.2. The molecular weight excluding hydrogens is 418 g/mol. The van der Waals surface area contributed by atoms with E-state index in [1.807, 2.05) is 62.4 Å². The number of hydrogen-bond donors (Lipinski definition) is 2. The van der Waals surface area contributed by atoms with Crippen molar-refractivity contribution in [2.75, 3.05) is 10.6 Å². The van der Waals surface area contributed by atoms with Gasteiger partial charge in [-0.25, -0.2) is 9.97 Å². The first-order chi connectivity index (χ1) is 16.0. The Balaban J connectivity index is 1.56. The number of aromatic nitrogens is 2. The van der Waals surface area contributed by atoms with Gasteiger partial charge in [-0.2, -0.15) is 10.2 Å². The van der Waals surface area contributed by atoms with Gasteiger partial charge in [-0.3, -0.25) is 10.1 Å². The SMILES string of the molecule is Cc1cccc(Nc2ncnc(Nc3ccc(N=Nc4ccccc4)cc3)c2[N+](=O)[O-])c1C. The summed E-state index contributed by atoms with van der Waals surface area (Å²) < 4.78 is 0. The average molecular weight is 439 g/mol. The van der Waals surface area contributed by atoms with Crippen LogP contribution >= 0.6 is 0 Å². The van der Waals surface area contributed by atoms with Crippen LogP contribution in [0.2, 0.25) is 0 Å². The molecule has 0 fully saturated rings. The molecule has 0 radical (unpaired) electrons. The fraction of sp³-hybridized carbons (Fsp3) is 0.0833. The average Bonchev–Trinajstić information content (AvgIpc) is 2.82. The Labute approximate surface area is 190 Å². The summed E-state index contributed by atoms with van der Waals surface area (Å²) in [5.74, 6) is 0.195. The second-order valence-electron chi connectivity index (χ2n) is 7.26. The number of anilines is 4. The number of hydrogen-bond acceptors (Lipinski definition) is 8. The fourth-order valence-corrected chi connectivity index (χ4v) is 3.11. The summed E-state index contributed by atoms with van der Waals surface area (Å²) in [7, 11) is 0. The van der Waals surface area contributed by atoms with Gasteiger partial charge in [-0.05, 0) is 67.4 Å². The molecule has 4 aromatic rings. The van der Waals surface area contributed by atoms with Gasteiger partial charge in [0.15, 0.2) is 0 Å². The van der Waals surface area contributed by atoms with E-state index in [2.05, 4.69) is 30.8 Å². The maximum absolute atomic E-state index is 11.9. The molecule has 0 atom stereocenters. The maximum Gasteiger partial charge on any atom is 0.353 e. The third-order valence-corrected chi connectivity index (χ3v) is 5.03. The highest BCUT2D eigenvalue weighted by molar-refractivity contribution is 5.77. The Hall–Kier alpha value is -4.66. The maximum atomic E-state index is 11.9. The minimum Gasteiger partial charge on any atom is -0.334 e. The van der Waals surface area contributed by atoms with Crippen molar-refractivity contribution in [2.45, 2.75) is 13.8 Å². The van der Waals surface area contributed by atoms with Crippen LogP contribution in [0, 0.1) is 24.0 Å². The zero-order valence-corrected chi connectivity index (χ0v) is 18.1. The predicted octanol–water partition coefficient (Wildman–Crippen LogP) is 6.90. The van der Waals surface area contributed by atoms with Crippen molar-refractivity contribution in [3.05, 3.63) is 100 Å². The summed E-state index contributed by atoms with van der Waals surface area (Å²) in [5.41, 5.74) is 4.58. The Kier molecular flexibility index (Phi) is 6.31. The van der Waals surface area contributed by atoms with Crippen molar-refractivity contribution in [3.8, 4) is 0 Å². The van der Waals surface area contributed by atoms with E-state index in [9.17, 15) is 10.1 Å². The molecule has 0 amide bonds. The molecule has 1 aromatic heterocycles. The highest BCUT2D eigenvalue weighted by Gasteiger charge is 2.23. The number of azo groups is 1. The molecule has 0 spiro atoms. The van der Waals surface area contributed by atoms with Crippen LogP contribution in [0.1, 0.15) is 11.1 Å². The molecule has 0 aliphatic rings. The predicted molar refractivity (Wildman–Crippen MR) is 128 cm³/mol. The van der Waals surface area contributed by atoms with Crippen LogP contribution in [0.3, 0.4) is 0 Å².